The van der Waals surface area contributed by atoms with E-state index in [-0.39, 0.29) is 18.0 Å². The molecule has 6 aromatic rings. The molecular weight excluding hydrogens is 657 g/mol. The number of aliphatic hydroxyl groups is 1. The van der Waals surface area contributed by atoms with Crippen molar-refractivity contribution in [2.45, 2.75) is 56.0 Å². The molecule has 1 heterocycles. The van der Waals surface area contributed by atoms with Crippen LogP contribution in [0.3, 0.4) is 0 Å². The Kier molecular flexibility index (Phi) is 10.5. The molecule has 0 saturated heterocycles. The third-order valence-electron chi connectivity index (χ3n) is 8.44. The lowest BCUT2D eigenvalue weighted by Crippen LogP contribution is -2.43. The number of aromatic nitrogens is 1. The summed E-state index contributed by atoms with van der Waals surface area (Å²) in [6, 6.07) is 37.4. The van der Waals surface area contributed by atoms with Crippen molar-refractivity contribution in [1.82, 2.24) is 15.6 Å². The Morgan fingerprint density at radius 3 is 2.18 bits per heavy atom. The van der Waals surface area contributed by atoms with Gasteiger partial charge in [-0.15, -0.1) is 0 Å². The van der Waals surface area contributed by atoms with E-state index in [0.717, 1.165) is 21.1 Å². The maximum atomic E-state index is 14.0. The van der Waals surface area contributed by atoms with E-state index in [9.17, 15) is 19.5 Å². The molecule has 0 radical (unpaired) electrons. The number of anilines is 1. The quantitative estimate of drug-likeness (QED) is 0.0853. The Hall–Kier alpha value is -5.51. The summed E-state index contributed by atoms with van der Waals surface area (Å²) in [6.07, 6.45) is -0.955. The van der Waals surface area contributed by atoms with Crippen LogP contribution < -0.4 is 16.0 Å². The molecule has 0 aliphatic rings. The molecule has 9 heteroatoms. The van der Waals surface area contributed by atoms with Gasteiger partial charge in [-0.3, -0.25) is 14.4 Å². The van der Waals surface area contributed by atoms with Gasteiger partial charge in [0.2, 0.25) is 0 Å². The Morgan fingerprint density at radius 1 is 0.725 bits per heavy atom. The molecule has 258 valence electrons. The number of aliphatic hydroxyl groups excluding tert-OH is 1. The topological polar surface area (TPSA) is 120 Å². The van der Waals surface area contributed by atoms with Crippen molar-refractivity contribution >= 4 is 56.8 Å². The molecule has 4 N–H and O–H groups in total. The predicted octanol–water partition coefficient (Wildman–Crippen LogP) is 7.93. The summed E-state index contributed by atoms with van der Waals surface area (Å²) >= 11 is 1.34. The zero-order chi connectivity index (χ0) is 36.1. The van der Waals surface area contributed by atoms with Crippen molar-refractivity contribution in [3.63, 3.8) is 0 Å². The first-order valence-electron chi connectivity index (χ1n) is 16.8. The summed E-state index contributed by atoms with van der Waals surface area (Å²) in [4.78, 5) is 45.8. The number of fused-ring (bicyclic) bond motifs is 2. The smallest absolute Gasteiger partial charge is 0.274 e. The van der Waals surface area contributed by atoms with Crippen LogP contribution >= 0.6 is 11.8 Å². The number of carbonyl (C=O) groups is 3. The molecule has 0 fully saturated rings. The summed E-state index contributed by atoms with van der Waals surface area (Å²) in [5.74, 6) is -1.04. The minimum Gasteiger partial charge on any atom is -0.390 e. The summed E-state index contributed by atoms with van der Waals surface area (Å²) in [5, 5.41) is 23.0. The monoisotopic (exact) mass is 696 g/mol. The number of benzene rings is 5. The fourth-order valence-electron chi connectivity index (χ4n) is 5.85. The molecule has 3 amide bonds. The van der Waals surface area contributed by atoms with Crippen molar-refractivity contribution in [3.8, 4) is 0 Å². The van der Waals surface area contributed by atoms with Crippen molar-refractivity contribution in [2.24, 2.45) is 0 Å². The Morgan fingerprint density at radius 2 is 1.39 bits per heavy atom. The van der Waals surface area contributed by atoms with Crippen LogP contribution in [0.2, 0.25) is 0 Å². The van der Waals surface area contributed by atoms with E-state index in [4.69, 9.17) is 0 Å². The van der Waals surface area contributed by atoms with Gasteiger partial charge in [0, 0.05) is 39.1 Å². The van der Waals surface area contributed by atoms with Gasteiger partial charge >= 0.3 is 0 Å². The Balaban J connectivity index is 1.26. The van der Waals surface area contributed by atoms with Gasteiger partial charge in [-0.1, -0.05) is 90.6 Å². The lowest BCUT2D eigenvalue weighted by atomic mass is 9.99. The molecule has 0 spiro atoms. The fraction of sp³-hybridized carbons (Fsp3) is 0.190. The zero-order valence-electron chi connectivity index (χ0n) is 28.9. The molecule has 0 aliphatic heterocycles. The number of hydrogen-bond donors (Lipinski definition) is 4. The third kappa shape index (κ3) is 8.63. The van der Waals surface area contributed by atoms with Gasteiger partial charge in [-0.05, 0) is 92.1 Å². The molecule has 51 heavy (non-hydrogen) atoms. The van der Waals surface area contributed by atoms with Crippen LogP contribution in [-0.2, 0) is 6.42 Å². The fourth-order valence-corrected chi connectivity index (χ4v) is 6.91. The molecule has 8 nitrogen and oxygen atoms in total. The number of carbonyl (C=O) groups excluding carboxylic acids is 3. The van der Waals surface area contributed by atoms with Crippen LogP contribution in [0.4, 0.5) is 5.69 Å². The lowest BCUT2D eigenvalue weighted by molar-refractivity contribution is 0.0888. The van der Waals surface area contributed by atoms with Crippen LogP contribution in [0, 0.1) is 6.92 Å². The first-order valence-corrected chi connectivity index (χ1v) is 17.6. The van der Waals surface area contributed by atoms with E-state index in [1.54, 1.807) is 43.3 Å². The van der Waals surface area contributed by atoms with Gasteiger partial charge in [-0.25, -0.2) is 4.98 Å². The maximum Gasteiger partial charge on any atom is 0.274 e. The highest BCUT2D eigenvalue weighted by molar-refractivity contribution is 8.00. The minimum absolute atomic E-state index is 0.118. The van der Waals surface area contributed by atoms with E-state index in [1.165, 1.54) is 11.8 Å². The summed E-state index contributed by atoms with van der Waals surface area (Å²) < 4.78 is 0. The second-order valence-electron chi connectivity index (χ2n) is 13.5. The van der Waals surface area contributed by atoms with Crippen LogP contribution in [0.1, 0.15) is 63.1 Å². The average Bonchev–Trinajstić information content (AvgIpc) is 3.11. The van der Waals surface area contributed by atoms with E-state index in [1.807, 2.05) is 106 Å². The maximum absolute atomic E-state index is 14.0. The van der Waals surface area contributed by atoms with Crippen LogP contribution in [0.25, 0.3) is 21.7 Å². The standard InChI is InChI=1S/C42H40N4O4S/c1-26-32(17-11-19-34(26)44-40(50)36-23-21-28-13-8-10-18-35(28)43-36)38(48)45-41(51-31-22-20-27-12-5-6-14-29(27)24-31)37(47)25-30-15-7-9-16-33(30)39(49)46-42(2,3)4/h5-24,37,41,47H,25H2,1-4H3,(H,44,50)(H,45,48)(H,46,49)/t37-,41+/m1/s1. The average molecular weight is 697 g/mol. The zero-order valence-corrected chi connectivity index (χ0v) is 29.8. The number of nitrogens with one attached hydrogen (secondary N) is 3. The number of pyridine rings is 1. The molecule has 5 aromatic carbocycles. The van der Waals surface area contributed by atoms with Crippen molar-refractivity contribution in [1.29, 1.82) is 0 Å². The van der Waals surface area contributed by atoms with E-state index in [0.29, 0.717) is 33.5 Å². The van der Waals surface area contributed by atoms with Gasteiger partial charge in [0.15, 0.2) is 0 Å². The molecule has 6 rings (SSSR count). The number of rotatable bonds is 10. The number of amides is 3. The second kappa shape index (κ2) is 15.2. The minimum atomic E-state index is -1.07. The van der Waals surface area contributed by atoms with Crippen LogP contribution in [0.5, 0.6) is 0 Å². The third-order valence-corrected chi connectivity index (χ3v) is 9.66. The van der Waals surface area contributed by atoms with Crippen LogP contribution in [0.15, 0.2) is 126 Å². The largest absolute Gasteiger partial charge is 0.390 e. The molecule has 0 unspecified atom stereocenters. The summed E-state index contributed by atoms with van der Waals surface area (Å²) in [5.41, 5.74) is 3.04. The van der Waals surface area contributed by atoms with Crippen LogP contribution in [-0.4, -0.2) is 44.8 Å². The predicted molar refractivity (Wildman–Crippen MR) is 205 cm³/mol. The molecule has 2 atom stereocenters. The summed E-state index contributed by atoms with van der Waals surface area (Å²) in [6.45, 7) is 7.51. The van der Waals surface area contributed by atoms with Crippen molar-refractivity contribution in [2.75, 3.05) is 5.32 Å². The molecular formula is C42H40N4O4S. The number of para-hydroxylation sites is 1. The van der Waals surface area contributed by atoms with Crippen molar-refractivity contribution < 1.29 is 19.5 Å². The van der Waals surface area contributed by atoms with Gasteiger partial charge in [0.1, 0.15) is 11.1 Å². The normalized spacial score (nSPS) is 12.6. The van der Waals surface area contributed by atoms with Gasteiger partial charge < -0.3 is 21.1 Å². The van der Waals surface area contributed by atoms with E-state index < -0.39 is 28.8 Å². The van der Waals surface area contributed by atoms with Crippen molar-refractivity contribution in [3.05, 3.63) is 149 Å². The number of nitrogens with zero attached hydrogens (tertiary/aromatic N) is 1. The van der Waals surface area contributed by atoms with Gasteiger partial charge in [-0.2, -0.15) is 0 Å². The highest BCUT2D eigenvalue weighted by Crippen LogP contribution is 2.30. The summed E-state index contributed by atoms with van der Waals surface area (Å²) in [7, 11) is 0. The molecule has 1 aromatic heterocycles. The molecule has 0 saturated carbocycles. The first-order chi connectivity index (χ1) is 24.4. The van der Waals surface area contributed by atoms with E-state index in [2.05, 4.69) is 20.9 Å². The number of thioether (sulfide) groups is 1. The Labute approximate surface area is 301 Å². The van der Waals surface area contributed by atoms with Gasteiger partial charge in [0.05, 0.1) is 11.6 Å². The molecule has 0 aliphatic carbocycles. The first kappa shape index (κ1) is 35.3. The second-order valence-corrected chi connectivity index (χ2v) is 14.7. The van der Waals surface area contributed by atoms with E-state index >= 15 is 0 Å². The Bertz CT molecular complexity index is 2250. The SMILES string of the molecule is Cc1c(NC(=O)c2ccc3ccccc3n2)cccc1C(=O)N[C@@H](Sc1ccc2ccccc2c1)[C@H](O)Cc1ccccc1C(=O)NC(C)(C)C. The number of hydrogen-bond acceptors (Lipinski definition) is 6. The molecule has 0 bridgehead atoms. The van der Waals surface area contributed by atoms with Gasteiger partial charge in [0.25, 0.3) is 17.7 Å². The highest BCUT2D eigenvalue weighted by Gasteiger charge is 2.27. The lowest BCUT2D eigenvalue weighted by Gasteiger charge is -2.26. The highest BCUT2D eigenvalue weighted by atomic mass is 32.2.